The van der Waals surface area contributed by atoms with Crippen molar-refractivity contribution in [3.63, 3.8) is 0 Å². The van der Waals surface area contributed by atoms with E-state index < -0.39 is 11.2 Å². The number of hydrogen-bond donors (Lipinski definition) is 1. The van der Waals surface area contributed by atoms with Gasteiger partial charge in [0.2, 0.25) is 5.95 Å². The number of benzene rings is 2. The molecule has 166 valence electrons. The highest BCUT2D eigenvalue weighted by atomic mass is 16.2. The molecule has 0 spiro atoms. The lowest BCUT2D eigenvalue weighted by Crippen LogP contribution is -2.47. The number of nitrogens with zero attached hydrogens (tertiary/aromatic N) is 5. The number of carbonyl (C=O) groups is 1. The van der Waals surface area contributed by atoms with Crippen LogP contribution < -0.4 is 21.0 Å². The molecule has 1 N–H and O–H groups in total. The molecule has 1 aliphatic heterocycles. The first-order chi connectivity index (χ1) is 16.0. The number of fused-ring (bicyclic) bond motifs is 1. The van der Waals surface area contributed by atoms with Gasteiger partial charge in [0.05, 0.1) is 5.69 Å². The highest BCUT2D eigenvalue weighted by Gasteiger charge is 2.21. The summed E-state index contributed by atoms with van der Waals surface area (Å²) in [4.78, 5) is 52.9. The van der Waals surface area contributed by atoms with Crippen molar-refractivity contribution in [1.29, 1.82) is 0 Å². The number of carbonyl (C=O) groups excluding carboxylic acids is 1. The minimum Gasteiger partial charge on any atom is -0.368 e. The summed E-state index contributed by atoms with van der Waals surface area (Å²) in [7, 11) is 0. The molecule has 1 fully saturated rings. The van der Waals surface area contributed by atoms with E-state index in [1.807, 2.05) is 35.2 Å². The topological polar surface area (TPSA) is 104 Å². The van der Waals surface area contributed by atoms with Crippen molar-refractivity contribution < 1.29 is 4.79 Å². The van der Waals surface area contributed by atoms with Crippen molar-refractivity contribution in [3.8, 4) is 5.69 Å². The predicted molar refractivity (Wildman–Crippen MR) is 127 cm³/mol. The van der Waals surface area contributed by atoms with Gasteiger partial charge in [-0.2, -0.15) is 4.98 Å². The highest BCUT2D eigenvalue weighted by Crippen LogP contribution is 2.20. The van der Waals surface area contributed by atoms with E-state index in [4.69, 9.17) is 0 Å². The van der Waals surface area contributed by atoms with Gasteiger partial charge in [-0.1, -0.05) is 18.2 Å². The Morgan fingerprint density at radius 2 is 1.55 bits per heavy atom. The Balaban J connectivity index is 1.37. The van der Waals surface area contributed by atoms with Crippen LogP contribution in [0.3, 0.4) is 0 Å². The van der Waals surface area contributed by atoms with Gasteiger partial charge in [0.15, 0.2) is 11.4 Å². The van der Waals surface area contributed by atoms with Gasteiger partial charge in [0.1, 0.15) is 5.39 Å². The van der Waals surface area contributed by atoms with Crippen LogP contribution in [0, 0.1) is 0 Å². The van der Waals surface area contributed by atoms with E-state index in [1.165, 1.54) is 6.20 Å². The molecule has 2 aromatic carbocycles. The summed E-state index contributed by atoms with van der Waals surface area (Å²) < 4.78 is 1.08. The molecular weight excluding hydrogens is 420 g/mol. The van der Waals surface area contributed by atoms with E-state index >= 15 is 0 Å². The molecule has 0 aliphatic carbocycles. The second-order valence-electron chi connectivity index (χ2n) is 7.92. The zero-order valence-corrected chi connectivity index (χ0v) is 18.1. The predicted octanol–water partition coefficient (Wildman–Crippen LogP) is 2.00. The summed E-state index contributed by atoms with van der Waals surface area (Å²) in [6, 6.07) is 16.4. The van der Waals surface area contributed by atoms with Gasteiger partial charge >= 0.3 is 5.69 Å². The molecule has 1 saturated heterocycles. The Bertz CT molecular complexity index is 1440. The van der Waals surface area contributed by atoms with Crippen LogP contribution in [0.4, 0.5) is 11.6 Å². The fraction of sp³-hybridized carbons (Fsp3) is 0.208. The number of hydrogen-bond acceptors (Lipinski definition) is 7. The van der Waals surface area contributed by atoms with Crippen molar-refractivity contribution >= 4 is 28.5 Å². The maximum absolute atomic E-state index is 12.9. The quantitative estimate of drug-likeness (QED) is 0.482. The number of piperazine rings is 1. The summed E-state index contributed by atoms with van der Waals surface area (Å²) in [5.74, 6) is 0.523. The van der Waals surface area contributed by atoms with Gasteiger partial charge in [-0.25, -0.2) is 14.3 Å². The average molecular weight is 442 g/mol. The van der Waals surface area contributed by atoms with E-state index in [1.54, 1.807) is 31.2 Å². The Morgan fingerprint density at radius 3 is 2.21 bits per heavy atom. The molecule has 33 heavy (non-hydrogen) atoms. The minimum atomic E-state index is -0.540. The lowest BCUT2D eigenvalue weighted by atomic mass is 10.1. The number of para-hydroxylation sites is 1. The van der Waals surface area contributed by atoms with Crippen molar-refractivity contribution in [3.05, 3.63) is 87.2 Å². The molecule has 9 heteroatoms. The van der Waals surface area contributed by atoms with E-state index in [2.05, 4.69) is 19.9 Å². The SMILES string of the molecule is CC(=O)c1ccc(N2CCN(c3ncc4c(=O)n(-c5ccccc5)c(=O)[nH]c4n3)CC2)cc1. The normalized spacial score (nSPS) is 14.0. The zero-order chi connectivity index (χ0) is 22.9. The number of Topliss-reactive ketones (excluding diaryl/α,β-unsaturated/α-hetero) is 1. The maximum atomic E-state index is 12.9. The molecule has 0 saturated carbocycles. The molecule has 0 unspecified atom stereocenters. The van der Waals surface area contributed by atoms with Crippen LogP contribution in [0.25, 0.3) is 16.7 Å². The van der Waals surface area contributed by atoms with Gasteiger partial charge in [0, 0.05) is 43.6 Å². The van der Waals surface area contributed by atoms with E-state index in [9.17, 15) is 14.4 Å². The number of ketones is 1. The largest absolute Gasteiger partial charge is 0.368 e. The summed E-state index contributed by atoms with van der Waals surface area (Å²) >= 11 is 0. The number of aromatic amines is 1. The third-order valence-corrected chi connectivity index (χ3v) is 5.85. The van der Waals surface area contributed by atoms with Gasteiger partial charge in [0.25, 0.3) is 5.56 Å². The first-order valence-electron chi connectivity index (χ1n) is 10.7. The molecule has 3 heterocycles. The van der Waals surface area contributed by atoms with Gasteiger partial charge in [-0.3, -0.25) is 14.6 Å². The Labute approximate surface area is 189 Å². The van der Waals surface area contributed by atoms with E-state index in [0.29, 0.717) is 30.3 Å². The number of anilines is 2. The van der Waals surface area contributed by atoms with Crippen molar-refractivity contribution in [2.45, 2.75) is 6.92 Å². The summed E-state index contributed by atoms with van der Waals surface area (Å²) in [6.45, 7) is 4.44. The minimum absolute atomic E-state index is 0.0494. The lowest BCUT2D eigenvalue weighted by molar-refractivity contribution is 0.101. The molecule has 9 nitrogen and oxygen atoms in total. The summed E-state index contributed by atoms with van der Waals surface area (Å²) in [5.41, 5.74) is 1.48. The van der Waals surface area contributed by atoms with Gasteiger partial charge in [-0.05, 0) is 43.3 Å². The molecule has 4 aromatic rings. The van der Waals surface area contributed by atoms with Gasteiger partial charge in [-0.15, -0.1) is 0 Å². The molecule has 1 aliphatic rings. The zero-order valence-electron chi connectivity index (χ0n) is 18.1. The summed E-state index contributed by atoms with van der Waals surface area (Å²) in [6.07, 6.45) is 1.47. The average Bonchev–Trinajstić information content (AvgIpc) is 2.84. The first kappa shape index (κ1) is 20.6. The van der Waals surface area contributed by atoms with Gasteiger partial charge < -0.3 is 9.80 Å². The highest BCUT2D eigenvalue weighted by molar-refractivity contribution is 5.94. The van der Waals surface area contributed by atoms with Crippen molar-refractivity contribution in [2.75, 3.05) is 36.0 Å². The number of rotatable bonds is 4. The molecule has 0 amide bonds. The third kappa shape index (κ3) is 3.89. The van der Waals surface area contributed by atoms with Crippen LogP contribution in [0.2, 0.25) is 0 Å². The monoisotopic (exact) mass is 442 g/mol. The van der Waals surface area contributed by atoms with E-state index in [0.717, 1.165) is 23.3 Å². The Hall–Kier alpha value is -4.27. The van der Waals surface area contributed by atoms with Crippen molar-refractivity contribution in [2.24, 2.45) is 0 Å². The van der Waals surface area contributed by atoms with Crippen molar-refractivity contribution in [1.82, 2.24) is 19.5 Å². The smallest absolute Gasteiger partial charge is 0.334 e. The second kappa shape index (κ2) is 8.34. The summed E-state index contributed by atoms with van der Waals surface area (Å²) in [5, 5.41) is 0.256. The lowest BCUT2D eigenvalue weighted by Gasteiger charge is -2.36. The Kier molecular flexibility index (Phi) is 5.21. The maximum Gasteiger partial charge on any atom is 0.334 e. The molecule has 5 rings (SSSR count). The Morgan fingerprint density at radius 1 is 0.879 bits per heavy atom. The molecule has 0 radical (unpaired) electrons. The second-order valence-corrected chi connectivity index (χ2v) is 7.92. The molecular formula is C24H22N6O3. The molecule has 2 aromatic heterocycles. The fourth-order valence-electron chi connectivity index (χ4n) is 4.03. The van der Waals surface area contributed by atoms with Crippen LogP contribution >= 0.6 is 0 Å². The number of nitrogens with one attached hydrogen (secondary N) is 1. The molecule has 0 bridgehead atoms. The molecule has 0 atom stereocenters. The van der Waals surface area contributed by atoms with Crippen LogP contribution in [0.5, 0.6) is 0 Å². The van der Waals surface area contributed by atoms with E-state index in [-0.39, 0.29) is 16.8 Å². The first-order valence-corrected chi connectivity index (χ1v) is 10.7. The number of H-pyrrole nitrogens is 1. The standard InChI is InChI=1S/C24H22N6O3/c1-16(31)17-7-9-18(10-8-17)28-11-13-29(14-12-28)23-25-15-20-21(26-23)27-24(33)30(22(20)32)19-5-3-2-4-6-19/h2-10,15H,11-14H2,1H3,(H,25,26,27,33). The van der Waals surface area contributed by atoms with Crippen LogP contribution in [0.15, 0.2) is 70.4 Å². The third-order valence-electron chi connectivity index (χ3n) is 5.85. The number of aromatic nitrogens is 4. The fourth-order valence-corrected chi connectivity index (χ4v) is 4.03. The van der Waals surface area contributed by atoms with Crippen LogP contribution in [-0.4, -0.2) is 51.5 Å². The van der Waals surface area contributed by atoms with Crippen LogP contribution in [0.1, 0.15) is 17.3 Å². The van der Waals surface area contributed by atoms with Crippen LogP contribution in [-0.2, 0) is 0 Å².